The number of carbonyl (C=O) groups is 2. The van der Waals surface area contributed by atoms with E-state index >= 15 is 0 Å². The van der Waals surface area contributed by atoms with Crippen LogP contribution in [0.2, 0.25) is 0 Å². The maximum atomic E-state index is 12.2. The predicted molar refractivity (Wildman–Crippen MR) is 103 cm³/mol. The summed E-state index contributed by atoms with van der Waals surface area (Å²) in [5.41, 5.74) is 3.30. The molecule has 2 aromatic rings. The Morgan fingerprint density at radius 2 is 1.58 bits per heavy atom. The Morgan fingerprint density at radius 3 is 2.15 bits per heavy atom. The van der Waals surface area contributed by atoms with Gasteiger partial charge in [-0.3, -0.25) is 9.59 Å². The molecule has 26 heavy (non-hydrogen) atoms. The number of anilines is 2. The molecule has 2 aromatic carbocycles. The van der Waals surface area contributed by atoms with E-state index in [1.54, 1.807) is 20.1 Å². The summed E-state index contributed by atoms with van der Waals surface area (Å²) in [6, 6.07) is 13.1. The van der Waals surface area contributed by atoms with Gasteiger partial charge in [-0.15, -0.1) is 0 Å². The molecule has 0 fully saturated rings. The van der Waals surface area contributed by atoms with Gasteiger partial charge in [0.2, 0.25) is 11.8 Å². The summed E-state index contributed by atoms with van der Waals surface area (Å²) < 4.78 is 5.12. The molecule has 0 atom stereocenters. The summed E-state index contributed by atoms with van der Waals surface area (Å²) in [5.74, 6) is 0.607. The van der Waals surface area contributed by atoms with Crippen LogP contribution in [0.5, 0.6) is 5.75 Å². The number of carbonyl (C=O) groups excluding carboxylic acids is 2. The average Bonchev–Trinajstić information content (AvgIpc) is 2.65. The third kappa shape index (κ3) is 5.60. The highest BCUT2D eigenvalue weighted by atomic mass is 16.5. The monoisotopic (exact) mass is 355 g/mol. The van der Waals surface area contributed by atoms with Crippen molar-refractivity contribution in [1.82, 2.24) is 5.32 Å². The first-order valence-electron chi connectivity index (χ1n) is 8.56. The molecular formula is C20H25N3O3. The van der Waals surface area contributed by atoms with Crippen LogP contribution in [0.25, 0.3) is 0 Å². The second-order valence-corrected chi connectivity index (χ2v) is 5.88. The van der Waals surface area contributed by atoms with Crippen LogP contribution in [-0.4, -0.2) is 25.5 Å². The van der Waals surface area contributed by atoms with E-state index in [1.165, 1.54) is 0 Å². The number of benzene rings is 2. The third-order valence-corrected chi connectivity index (χ3v) is 3.98. The van der Waals surface area contributed by atoms with E-state index in [-0.39, 0.29) is 18.4 Å². The summed E-state index contributed by atoms with van der Waals surface area (Å²) >= 11 is 0. The van der Waals surface area contributed by atoms with E-state index in [9.17, 15) is 9.59 Å². The zero-order valence-electron chi connectivity index (χ0n) is 15.4. The summed E-state index contributed by atoms with van der Waals surface area (Å²) in [6.07, 6.45) is 0.408. The molecule has 0 bridgehead atoms. The van der Waals surface area contributed by atoms with E-state index < -0.39 is 0 Å². The second kappa shape index (κ2) is 9.58. The number of amides is 2. The fourth-order valence-electron chi connectivity index (χ4n) is 2.40. The summed E-state index contributed by atoms with van der Waals surface area (Å²) in [5, 5.41) is 8.82. The first-order chi connectivity index (χ1) is 12.5. The molecule has 6 heteroatoms. The highest BCUT2D eigenvalue weighted by molar-refractivity contribution is 5.96. The maximum Gasteiger partial charge on any atom is 0.238 e. The van der Waals surface area contributed by atoms with Crippen molar-refractivity contribution in [2.75, 3.05) is 24.3 Å². The van der Waals surface area contributed by atoms with Gasteiger partial charge in [0.05, 0.1) is 13.7 Å². The largest absolute Gasteiger partial charge is 0.497 e. The van der Waals surface area contributed by atoms with E-state index in [0.29, 0.717) is 24.3 Å². The van der Waals surface area contributed by atoms with Crippen molar-refractivity contribution in [3.05, 3.63) is 53.6 Å². The lowest BCUT2D eigenvalue weighted by atomic mass is 10.1. The van der Waals surface area contributed by atoms with Crippen LogP contribution >= 0.6 is 0 Å². The standard InChI is InChI=1S/C20H25N3O3/c1-4-19(24)22-17-6-5-7-18(14(17)2)23-20(25)13-21-12-15-8-10-16(26-3)11-9-15/h5-11,21H,4,12-13H2,1-3H3,(H,22,24)(H,23,25). The minimum absolute atomic E-state index is 0.0577. The van der Waals surface area contributed by atoms with Crippen molar-refractivity contribution in [3.63, 3.8) is 0 Å². The van der Waals surface area contributed by atoms with Crippen molar-refractivity contribution in [2.45, 2.75) is 26.8 Å². The normalized spacial score (nSPS) is 10.3. The van der Waals surface area contributed by atoms with Crippen molar-refractivity contribution in [1.29, 1.82) is 0 Å². The highest BCUT2D eigenvalue weighted by Gasteiger charge is 2.09. The number of rotatable bonds is 8. The molecule has 3 N–H and O–H groups in total. The van der Waals surface area contributed by atoms with Gasteiger partial charge in [0.15, 0.2) is 0 Å². The topological polar surface area (TPSA) is 79.5 Å². The Labute approximate surface area is 153 Å². The Hall–Kier alpha value is -2.86. The fraction of sp³-hybridized carbons (Fsp3) is 0.300. The predicted octanol–water partition coefficient (Wildman–Crippen LogP) is 3.08. The number of ether oxygens (including phenoxy) is 1. The summed E-state index contributed by atoms with van der Waals surface area (Å²) in [6.45, 7) is 4.44. The molecule has 138 valence electrons. The van der Waals surface area contributed by atoms with Crippen molar-refractivity contribution in [3.8, 4) is 5.75 Å². The van der Waals surface area contributed by atoms with E-state index in [2.05, 4.69) is 16.0 Å². The van der Waals surface area contributed by atoms with Gasteiger partial charge < -0.3 is 20.7 Å². The lowest BCUT2D eigenvalue weighted by Crippen LogP contribution is -2.28. The molecule has 0 saturated carbocycles. The smallest absolute Gasteiger partial charge is 0.238 e. The molecule has 0 spiro atoms. The van der Waals surface area contributed by atoms with Crippen LogP contribution in [0, 0.1) is 6.92 Å². The quantitative estimate of drug-likeness (QED) is 0.680. The number of nitrogens with one attached hydrogen (secondary N) is 3. The van der Waals surface area contributed by atoms with Gasteiger partial charge >= 0.3 is 0 Å². The molecule has 0 radical (unpaired) electrons. The Bertz CT molecular complexity index is 757. The molecule has 2 rings (SSSR count). The molecule has 0 aromatic heterocycles. The lowest BCUT2D eigenvalue weighted by molar-refractivity contribution is -0.116. The minimum Gasteiger partial charge on any atom is -0.497 e. The van der Waals surface area contributed by atoms with Crippen molar-refractivity contribution < 1.29 is 14.3 Å². The van der Waals surface area contributed by atoms with Crippen LogP contribution in [0.3, 0.4) is 0 Å². The molecule has 0 unspecified atom stereocenters. The molecular weight excluding hydrogens is 330 g/mol. The van der Waals surface area contributed by atoms with Crippen LogP contribution in [0.1, 0.15) is 24.5 Å². The lowest BCUT2D eigenvalue weighted by Gasteiger charge is -2.13. The van der Waals surface area contributed by atoms with Gasteiger partial charge in [-0.25, -0.2) is 0 Å². The number of hydrogen-bond donors (Lipinski definition) is 3. The Balaban J connectivity index is 1.87. The van der Waals surface area contributed by atoms with Gasteiger partial charge in [-0.1, -0.05) is 25.1 Å². The van der Waals surface area contributed by atoms with Crippen molar-refractivity contribution >= 4 is 23.2 Å². The number of methoxy groups -OCH3 is 1. The van der Waals surface area contributed by atoms with Gasteiger partial charge in [0, 0.05) is 24.3 Å². The first-order valence-corrected chi connectivity index (χ1v) is 8.56. The highest BCUT2D eigenvalue weighted by Crippen LogP contribution is 2.23. The van der Waals surface area contributed by atoms with Crippen LogP contribution in [0.15, 0.2) is 42.5 Å². The molecule has 6 nitrogen and oxygen atoms in total. The first kappa shape index (κ1) is 19.5. The summed E-state index contributed by atoms with van der Waals surface area (Å²) in [4.78, 5) is 23.7. The second-order valence-electron chi connectivity index (χ2n) is 5.88. The van der Waals surface area contributed by atoms with Crippen LogP contribution < -0.4 is 20.7 Å². The Kier molecular flexibility index (Phi) is 7.17. The minimum atomic E-state index is -0.138. The Morgan fingerprint density at radius 1 is 0.962 bits per heavy atom. The zero-order chi connectivity index (χ0) is 18.9. The molecule has 2 amide bonds. The van der Waals surface area contributed by atoms with Gasteiger partial charge in [-0.05, 0) is 42.3 Å². The van der Waals surface area contributed by atoms with Gasteiger partial charge in [0.25, 0.3) is 0 Å². The van der Waals surface area contributed by atoms with Gasteiger partial charge in [0.1, 0.15) is 5.75 Å². The van der Waals surface area contributed by atoms with Gasteiger partial charge in [-0.2, -0.15) is 0 Å². The van der Waals surface area contributed by atoms with Crippen LogP contribution in [0.4, 0.5) is 11.4 Å². The fourth-order valence-corrected chi connectivity index (χ4v) is 2.40. The SMILES string of the molecule is CCC(=O)Nc1cccc(NC(=O)CNCc2ccc(OC)cc2)c1C. The number of hydrogen-bond acceptors (Lipinski definition) is 4. The van der Waals surface area contributed by atoms with E-state index in [0.717, 1.165) is 16.9 Å². The summed E-state index contributed by atoms with van der Waals surface area (Å²) in [7, 11) is 1.63. The molecule has 0 aliphatic carbocycles. The van der Waals surface area contributed by atoms with E-state index in [1.807, 2.05) is 43.3 Å². The molecule has 0 heterocycles. The maximum absolute atomic E-state index is 12.2. The molecule has 0 aliphatic heterocycles. The third-order valence-electron chi connectivity index (χ3n) is 3.98. The van der Waals surface area contributed by atoms with E-state index in [4.69, 9.17) is 4.74 Å². The zero-order valence-corrected chi connectivity index (χ0v) is 15.4. The average molecular weight is 355 g/mol. The van der Waals surface area contributed by atoms with Crippen molar-refractivity contribution in [2.24, 2.45) is 0 Å². The molecule has 0 saturated heterocycles. The molecule has 0 aliphatic rings. The van der Waals surface area contributed by atoms with Crippen LogP contribution in [-0.2, 0) is 16.1 Å².